The van der Waals surface area contributed by atoms with E-state index in [2.05, 4.69) is 43.3 Å². The normalized spacial score (nSPS) is 29.5. The molecule has 1 aromatic rings. The second-order valence-electron chi connectivity index (χ2n) is 4.30. The molecule has 0 unspecified atom stereocenters. The number of pyridine rings is 1. The number of fused-ring (bicyclic) bond motifs is 1. The fourth-order valence-electron chi connectivity index (χ4n) is 2.67. The van der Waals surface area contributed by atoms with Crippen LogP contribution in [-0.2, 0) is 0 Å². The Hall–Kier alpha value is -0.610. The lowest BCUT2D eigenvalue weighted by Gasteiger charge is -2.24. The molecule has 2 fully saturated rings. The Morgan fingerprint density at radius 1 is 1.40 bits per heavy atom. The minimum Gasteiger partial charge on any atom is -0.352 e. The van der Waals surface area contributed by atoms with Crippen molar-refractivity contribution < 1.29 is 0 Å². The third kappa shape index (κ3) is 1.66. The number of nitrogens with zero attached hydrogens (tertiary/aromatic N) is 2. The van der Waals surface area contributed by atoms with E-state index in [1.807, 2.05) is 6.20 Å². The van der Waals surface area contributed by atoms with Crippen molar-refractivity contribution in [2.75, 3.05) is 24.5 Å². The predicted octanol–water partition coefficient (Wildman–Crippen LogP) is 1.64. The Labute approximate surface area is 98.0 Å². The van der Waals surface area contributed by atoms with E-state index >= 15 is 0 Å². The number of halogens is 1. The first-order valence-corrected chi connectivity index (χ1v) is 6.23. The third-order valence-corrected chi connectivity index (χ3v) is 3.92. The number of hydrogen-bond acceptors (Lipinski definition) is 3. The summed E-state index contributed by atoms with van der Waals surface area (Å²) >= 11 is 3.42. The molecule has 15 heavy (non-hydrogen) atoms. The van der Waals surface area contributed by atoms with Gasteiger partial charge in [-0.3, -0.25) is 0 Å². The quantitative estimate of drug-likeness (QED) is 0.839. The van der Waals surface area contributed by atoms with Crippen molar-refractivity contribution in [3.8, 4) is 0 Å². The van der Waals surface area contributed by atoms with Gasteiger partial charge in [0.1, 0.15) is 5.82 Å². The molecule has 0 saturated carbocycles. The lowest BCUT2D eigenvalue weighted by Crippen LogP contribution is -2.34. The smallest absolute Gasteiger partial charge is 0.128 e. The van der Waals surface area contributed by atoms with Gasteiger partial charge in [-0.1, -0.05) is 0 Å². The maximum atomic E-state index is 4.47. The van der Waals surface area contributed by atoms with E-state index in [9.17, 15) is 0 Å². The van der Waals surface area contributed by atoms with Crippen molar-refractivity contribution in [1.82, 2.24) is 10.3 Å². The number of hydrogen-bond donors (Lipinski definition) is 1. The molecule has 0 spiro atoms. The average Bonchev–Trinajstić information content (AvgIpc) is 2.80. The number of aromatic nitrogens is 1. The summed E-state index contributed by atoms with van der Waals surface area (Å²) in [6.45, 7) is 3.45. The molecular formula is C11H14BrN3. The van der Waals surface area contributed by atoms with Gasteiger partial charge in [-0.05, 0) is 40.4 Å². The van der Waals surface area contributed by atoms with Crippen molar-refractivity contribution in [3.63, 3.8) is 0 Å². The molecule has 3 heterocycles. The third-order valence-electron chi connectivity index (χ3n) is 3.45. The average molecular weight is 268 g/mol. The summed E-state index contributed by atoms with van der Waals surface area (Å²) in [6.07, 6.45) is 3.18. The van der Waals surface area contributed by atoms with Crippen LogP contribution >= 0.6 is 15.9 Å². The second-order valence-corrected chi connectivity index (χ2v) is 5.22. The van der Waals surface area contributed by atoms with Gasteiger partial charge >= 0.3 is 0 Å². The summed E-state index contributed by atoms with van der Waals surface area (Å²) in [5.41, 5.74) is 0. The molecule has 3 rings (SSSR count). The largest absolute Gasteiger partial charge is 0.352 e. The van der Waals surface area contributed by atoms with Gasteiger partial charge in [0.05, 0.1) is 0 Å². The van der Waals surface area contributed by atoms with E-state index in [1.165, 1.54) is 13.0 Å². The Morgan fingerprint density at radius 2 is 2.33 bits per heavy atom. The first-order chi connectivity index (χ1) is 7.34. The molecule has 2 aliphatic rings. The van der Waals surface area contributed by atoms with E-state index in [0.717, 1.165) is 29.3 Å². The molecule has 4 heteroatoms. The monoisotopic (exact) mass is 267 g/mol. The molecule has 1 aromatic heterocycles. The Kier molecular flexibility index (Phi) is 2.41. The zero-order valence-corrected chi connectivity index (χ0v) is 10.1. The van der Waals surface area contributed by atoms with Crippen LogP contribution in [0.3, 0.4) is 0 Å². The SMILES string of the molecule is Brc1ccc(N2CC[C@H]3CNC[C@H]32)nc1. The second kappa shape index (κ2) is 3.76. The first kappa shape index (κ1) is 9.60. The van der Waals surface area contributed by atoms with Crippen LogP contribution in [0, 0.1) is 5.92 Å². The first-order valence-electron chi connectivity index (χ1n) is 5.43. The van der Waals surface area contributed by atoms with Crippen LogP contribution in [-0.4, -0.2) is 30.7 Å². The van der Waals surface area contributed by atoms with Gasteiger partial charge < -0.3 is 10.2 Å². The molecule has 0 aliphatic carbocycles. The minimum absolute atomic E-state index is 0.665. The maximum Gasteiger partial charge on any atom is 0.128 e. The van der Waals surface area contributed by atoms with Crippen molar-refractivity contribution in [2.45, 2.75) is 12.5 Å². The van der Waals surface area contributed by atoms with E-state index < -0.39 is 0 Å². The lowest BCUT2D eigenvalue weighted by atomic mass is 10.1. The van der Waals surface area contributed by atoms with Crippen LogP contribution < -0.4 is 10.2 Å². The van der Waals surface area contributed by atoms with Gasteiger partial charge in [0, 0.05) is 36.3 Å². The zero-order chi connectivity index (χ0) is 10.3. The van der Waals surface area contributed by atoms with Crippen molar-refractivity contribution in [2.24, 2.45) is 5.92 Å². The highest BCUT2D eigenvalue weighted by Gasteiger charge is 2.37. The molecule has 0 aromatic carbocycles. The van der Waals surface area contributed by atoms with E-state index in [0.29, 0.717) is 6.04 Å². The van der Waals surface area contributed by atoms with Gasteiger partial charge in [-0.2, -0.15) is 0 Å². The van der Waals surface area contributed by atoms with Crippen LogP contribution in [0.15, 0.2) is 22.8 Å². The minimum atomic E-state index is 0.665. The van der Waals surface area contributed by atoms with E-state index in [1.54, 1.807) is 0 Å². The molecule has 80 valence electrons. The maximum absolute atomic E-state index is 4.47. The summed E-state index contributed by atoms with van der Waals surface area (Å²) < 4.78 is 1.05. The van der Waals surface area contributed by atoms with Crippen molar-refractivity contribution in [3.05, 3.63) is 22.8 Å². The predicted molar refractivity (Wildman–Crippen MR) is 64.0 cm³/mol. The van der Waals surface area contributed by atoms with E-state index in [4.69, 9.17) is 0 Å². The fourth-order valence-corrected chi connectivity index (χ4v) is 2.91. The molecule has 0 radical (unpaired) electrons. The fraction of sp³-hybridized carbons (Fsp3) is 0.545. The molecule has 0 amide bonds. The zero-order valence-electron chi connectivity index (χ0n) is 8.49. The summed E-state index contributed by atoms with van der Waals surface area (Å²) in [5, 5.41) is 3.46. The van der Waals surface area contributed by atoms with E-state index in [-0.39, 0.29) is 0 Å². The number of nitrogens with one attached hydrogen (secondary N) is 1. The lowest BCUT2D eigenvalue weighted by molar-refractivity contribution is 0.577. The van der Waals surface area contributed by atoms with Crippen LogP contribution in [0.1, 0.15) is 6.42 Å². The summed E-state index contributed by atoms with van der Waals surface area (Å²) in [6, 6.07) is 4.83. The van der Waals surface area contributed by atoms with Crippen LogP contribution in [0.25, 0.3) is 0 Å². The summed E-state index contributed by atoms with van der Waals surface area (Å²) in [5.74, 6) is 1.95. The number of rotatable bonds is 1. The Bertz CT molecular complexity index is 351. The van der Waals surface area contributed by atoms with Gasteiger partial charge in [0.15, 0.2) is 0 Å². The van der Waals surface area contributed by atoms with Crippen LogP contribution in [0.2, 0.25) is 0 Å². The highest BCUT2D eigenvalue weighted by atomic mass is 79.9. The summed E-state index contributed by atoms with van der Waals surface area (Å²) in [7, 11) is 0. The van der Waals surface area contributed by atoms with Crippen LogP contribution in [0.5, 0.6) is 0 Å². The highest BCUT2D eigenvalue weighted by Crippen LogP contribution is 2.30. The number of anilines is 1. The molecule has 2 aliphatic heterocycles. The van der Waals surface area contributed by atoms with Gasteiger partial charge in [-0.15, -0.1) is 0 Å². The van der Waals surface area contributed by atoms with Crippen LogP contribution in [0.4, 0.5) is 5.82 Å². The van der Waals surface area contributed by atoms with Crippen molar-refractivity contribution >= 4 is 21.7 Å². The van der Waals surface area contributed by atoms with Gasteiger partial charge in [0.2, 0.25) is 0 Å². The Balaban J connectivity index is 1.85. The molecule has 0 bridgehead atoms. The van der Waals surface area contributed by atoms with Gasteiger partial charge in [0.25, 0.3) is 0 Å². The molecule has 2 saturated heterocycles. The molecule has 3 nitrogen and oxygen atoms in total. The summed E-state index contributed by atoms with van der Waals surface area (Å²) in [4.78, 5) is 6.91. The Morgan fingerprint density at radius 3 is 3.13 bits per heavy atom. The van der Waals surface area contributed by atoms with Gasteiger partial charge in [-0.25, -0.2) is 4.98 Å². The topological polar surface area (TPSA) is 28.2 Å². The standard InChI is InChI=1S/C11H14BrN3/c12-9-1-2-11(14-6-9)15-4-3-8-5-13-7-10(8)15/h1-2,6,8,10,13H,3-5,7H2/t8-,10+/m0/s1. The molecular weight excluding hydrogens is 254 g/mol. The highest BCUT2D eigenvalue weighted by molar-refractivity contribution is 9.10. The van der Waals surface area contributed by atoms with Crippen molar-refractivity contribution in [1.29, 1.82) is 0 Å². The molecule has 2 atom stereocenters. The molecule has 1 N–H and O–H groups in total.